The lowest BCUT2D eigenvalue weighted by Gasteiger charge is -2.11. The number of hydrogen-bond acceptors (Lipinski definition) is 8. The normalized spacial score (nSPS) is 11.5. The first-order valence-electron chi connectivity index (χ1n) is 7.76. The van der Waals surface area contributed by atoms with Gasteiger partial charge < -0.3 is 19.3 Å². The minimum Gasteiger partial charge on any atom is -0.466 e. The Kier molecular flexibility index (Phi) is 13.0. The summed E-state index contributed by atoms with van der Waals surface area (Å²) in [5.74, 6) is -0.871. The molecule has 0 amide bonds. The van der Waals surface area contributed by atoms with Crippen LogP contribution in [0, 0.1) is 0 Å². The van der Waals surface area contributed by atoms with E-state index in [1.165, 1.54) is 18.7 Å². The molecule has 0 aliphatic carbocycles. The molecular formula is C16H26O7S. The number of aliphatic hydroxyl groups is 1. The van der Waals surface area contributed by atoms with Crippen LogP contribution in [0.1, 0.15) is 33.1 Å². The molecule has 0 saturated carbocycles. The van der Waals surface area contributed by atoms with Crippen LogP contribution in [-0.2, 0) is 28.6 Å². The van der Waals surface area contributed by atoms with Gasteiger partial charge in [0.2, 0.25) is 0 Å². The molecule has 0 radical (unpaired) electrons. The predicted molar refractivity (Wildman–Crippen MR) is 90.5 cm³/mol. The molecule has 0 aliphatic heterocycles. The van der Waals surface area contributed by atoms with Gasteiger partial charge in [-0.25, -0.2) is 4.79 Å². The van der Waals surface area contributed by atoms with Crippen LogP contribution in [0.2, 0.25) is 0 Å². The van der Waals surface area contributed by atoms with Gasteiger partial charge in [0.25, 0.3) is 0 Å². The molecule has 24 heavy (non-hydrogen) atoms. The molecule has 0 bridgehead atoms. The van der Waals surface area contributed by atoms with E-state index in [1.807, 2.05) is 6.92 Å². The fraction of sp³-hybridized carbons (Fsp3) is 0.688. The van der Waals surface area contributed by atoms with E-state index in [-0.39, 0.29) is 36.9 Å². The molecule has 0 fully saturated rings. The number of ether oxygens (including phenoxy) is 3. The van der Waals surface area contributed by atoms with Crippen molar-refractivity contribution in [3.63, 3.8) is 0 Å². The van der Waals surface area contributed by atoms with Crippen LogP contribution in [0.25, 0.3) is 0 Å². The molecule has 1 N–H and O–H groups in total. The highest BCUT2D eigenvalue weighted by molar-refractivity contribution is 7.99. The van der Waals surface area contributed by atoms with Crippen LogP contribution >= 0.6 is 11.8 Å². The fourth-order valence-electron chi connectivity index (χ4n) is 1.29. The Labute approximate surface area is 146 Å². The highest BCUT2D eigenvalue weighted by atomic mass is 32.2. The Hall–Kier alpha value is -1.54. The minimum atomic E-state index is -1.09. The average Bonchev–Trinajstić information content (AvgIpc) is 2.54. The fourth-order valence-corrected chi connectivity index (χ4v) is 1.99. The molecule has 0 aromatic rings. The molecular weight excluding hydrogens is 336 g/mol. The summed E-state index contributed by atoms with van der Waals surface area (Å²) in [5.41, 5.74) is 0.226. The summed E-state index contributed by atoms with van der Waals surface area (Å²) in [6, 6.07) is 0. The molecule has 1 atom stereocenters. The minimum absolute atomic E-state index is 0.0700. The van der Waals surface area contributed by atoms with Crippen molar-refractivity contribution in [3.8, 4) is 0 Å². The lowest BCUT2D eigenvalue weighted by molar-refractivity contribution is -0.148. The quantitative estimate of drug-likeness (QED) is 0.228. The van der Waals surface area contributed by atoms with Crippen molar-refractivity contribution in [2.75, 3.05) is 31.3 Å². The molecule has 0 aromatic carbocycles. The Bertz CT molecular complexity index is 423. The molecule has 138 valence electrons. The first kappa shape index (κ1) is 22.5. The van der Waals surface area contributed by atoms with Crippen molar-refractivity contribution in [2.45, 2.75) is 39.2 Å². The van der Waals surface area contributed by atoms with E-state index in [9.17, 15) is 19.5 Å². The lowest BCUT2D eigenvalue weighted by atomic mass is 10.3. The van der Waals surface area contributed by atoms with Gasteiger partial charge >= 0.3 is 17.9 Å². The second-order valence-electron chi connectivity index (χ2n) is 5.09. The van der Waals surface area contributed by atoms with E-state index >= 15 is 0 Å². The monoisotopic (exact) mass is 362 g/mol. The van der Waals surface area contributed by atoms with Crippen LogP contribution < -0.4 is 0 Å². The summed E-state index contributed by atoms with van der Waals surface area (Å²) in [7, 11) is 0. The number of aliphatic hydroxyl groups excluding tert-OH is 1. The summed E-state index contributed by atoms with van der Waals surface area (Å²) >= 11 is 1.25. The third kappa shape index (κ3) is 13.0. The van der Waals surface area contributed by atoms with Gasteiger partial charge in [-0.1, -0.05) is 19.9 Å². The van der Waals surface area contributed by atoms with Gasteiger partial charge in [-0.3, -0.25) is 9.59 Å². The van der Waals surface area contributed by atoms with E-state index in [2.05, 4.69) is 6.58 Å². The molecule has 8 heteroatoms. The van der Waals surface area contributed by atoms with Crippen molar-refractivity contribution < 1.29 is 33.7 Å². The molecule has 0 saturated heterocycles. The maximum atomic E-state index is 11.5. The summed E-state index contributed by atoms with van der Waals surface area (Å²) in [5, 5.41) is 9.52. The number of unbranched alkanes of at least 4 members (excludes halogenated alkanes) is 1. The smallest absolute Gasteiger partial charge is 0.333 e. The van der Waals surface area contributed by atoms with Crippen LogP contribution in [0.15, 0.2) is 12.2 Å². The standard InChI is InChI=1S/C16H26O7S/c1-4-5-7-21-14(18)6-8-24-11-15(19)22-9-13(17)10-23-16(20)12(2)3/h13,17H,2,4-11H2,1,3H3. The van der Waals surface area contributed by atoms with E-state index < -0.39 is 18.0 Å². The highest BCUT2D eigenvalue weighted by Crippen LogP contribution is 2.05. The summed E-state index contributed by atoms with van der Waals surface area (Å²) < 4.78 is 14.6. The zero-order chi connectivity index (χ0) is 18.4. The number of hydrogen-bond donors (Lipinski definition) is 1. The maximum Gasteiger partial charge on any atom is 0.333 e. The van der Waals surface area contributed by atoms with Gasteiger partial charge in [-0.05, 0) is 13.3 Å². The summed E-state index contributed by atoms with van der Waals surface area (Å²) in [6.07, 6.45) is 0.957. The van der Waals surface area contributed by atoms with Gasteiger partial charge in [-0.2, -0.15) is 0 Å². The number of esters is 3. The Balaban J connectivity index is 3.63. The molecule has 0 aliphatic rings. The third-order valence-electron chi connectivity index (χ3n) is 2.62. The highest BCUT2D eigenvalue weighted by Gasteiger charge is 2.12. The average molecular weight is 362 g/mol. The maximum absolute atomic E-state index is 11.5. The van der Waals surface area contributed by atoms with Gasteiger partial charge in [0.1, 0.15) is 19.3 Å². The van der Waals surface area contributed by atoms with Crippen LogP contribution in [-0.4, -0.2) is 60.4 Å². The van der Waals surface area contributed by atoms with Gasteiger partial charge in [0.15, 0.2) is 0 Å². The number of carbonyl (C=O) groups is 3. The Morgan fingerprint density at radius 3 is 2.42 bits per heavy atom. The van der Waals surface area contributed by atoms with E-state index in [4.69, 9.17) is 14.2 Å². The van der Waals surface area contributed by atoms with E-state index in [1.54, 1.807) is 0 Å². The second kappa shape index (κ2) is 13.9. The van der Waals surface area contributed by atoms with Gasteiger partial charge in [-0.15, -0.1) is 11.8 Å². The number of thioether (sulfide) groups is 1. The second-order valence-corrected chi connectivity index (χ2v) is 6.20. The zero-order valence-electron chi connectivity index (χ0n) is 14.2. The van der Waals surface area contributed by atoms with Crippen molar-refractivity contribution in [1.82, 2.24) is 0 Å². The molecule has 1 unspecified atom stereocenters. The van der Waals surface area contributed by atoms with Crippen LogP contribution in [0.3, 0.4) is 0 Å². The Morgan fingerprint density at radius 2 is 1.79 bits per heavy atom. The summed E-state index contributed by atoms with van der Waals surface area (Å²) in [4.78, 5) is 33.9. The third-order valence-corrected chi connectivity index (χ3v) is 3.56. The predicted octanol–water partition coefficient (Wildman–Crippen LogP) is 1.48. The molecule has 0 rings (SSSR count). The summed E-state index contributed by atoms with van der Waals surface area (Å²) in [6.45, 7) is 6.80. The van der Waals surface area contributed by atoms with Crippen molar-refractivity contribution in [3.05, 3.63) is 12.2 Å². The van der Waals surface area contributed by atoms with E-state index in [0.717, 1.165) is 12.8 Å². The number of rotatable bonds is 13. The SMILES string of the molecule is C=C(C)C(=O)OCC(O)COC(=O)CSCCC(=O)OCCCC. The van der Waals surface area contributed by atoms with Gasteiger partial charge in [0.05, 0.1) is 18.8 Å². The van der Waals surface area contributed by atoms with Crippen molar-refractivity contribution in [1.29, 1.82) is 0 Å². The largest absolute Gasteiger partial charge is 0.466 e. The first-order valence-corrected chi connectivity index (χ1v) is 8.92. The zero-order valence-corrected chi connectivity index (χ0v) is 15.1. The van der Waals surface area contributed by atoms with Crippen molar-refractivity contribution in [2.24, 2.45) is 0 Å². The molecule has 7 nitrogen and oxygen atoms in total. The Morgan fingerprint density at radius 1 is 1.12 bits per heavy atom. The van der Waals surface area contributed by atoms with Crippen LogP contribution in [0.4, 0.5) is 0 Å². The number of carbonyl (C=O) groups excluding carboxylic acids is 3. The van der Waals surface area contributed by atoms with E-state index in [0.29, 0.717) is 12.4 Å². The van der Waals surface area contributed by atoms with Crippen LogP contribution in [0.5, 0.6) is 0 Å². The molecule has 0 heterocycles. The molecule has 0 aromatic heterocycles. The first-order chi connectivity index (χ1) is 11.4. The molecule has 0 spiro atoms. The van der Waals surface area contributed by atoms with Crippen molar-refractivity contribution >= 4 is 29.7 Å². The lowest BCUT2D eigenvalue weighted by Crippen LogP contribution is -2.26. The topological polar surface area (TPSA) is 99.1 Å². The van der Waals surface area contributed by atoms with Gasteiger partial charge in [0, 0.05) is 11.3 Å².